The highest BCUT2D eigenvalue weighted by Crippen LogP contribution is 2.25. The molecule has 1 fully saturated rings. The number of aryl methyl sites for hydroxylation is 2. The maximum Gasteiger partial charge on any atom is 0.112 e. The summed E-state index contributed by atoms with van der Waals surface area (Å²) in [4.78, 5) is 9.26. The van der Waals surface area contributed by atoms with Gasteiger partial charge in [-0.2, -0.15) is 5.10 Å². The van der Waals surface area contributed by atoms with Crippen LogP contribution < -0.4 is 4.90 Å². The summed E-state index contributed by atoms with van der Waals surface area (Å²) in [6.45, 7) is 8.65. The van der Waals surface area contributed by atoms with Gasteiger partial charge in [0.15, 0.2) is 0 Å². The normalized spacial score (nSPS) is 18.5. The quantitative estimate of drug-likeness (QED) is 0.807. The van der Waals surface area contributed by atoms with Gasteiger partial charge in [0.05, 0.1) is 18.5 Å². The standard InChI is InChI=1S/C19H29N5O/c1-5-6-24-13-16(11-20-24)12-23-7-8-25-19(14-23)18-10-17(22(3)4)9-15(2)21-18/h9-11,13,19H,5-8,12,14H2,1-4H3. The summed E-state index contributed by atoms with van der Waals surface area (Å²) in [7, 11) is 4.11. The molecule has 6 heteroatoms. The van der Waals surface area contributed by atoms with Crippen molar-refractivity contribution in [3.63, 3.8) is 0 Å². The smallest absolute Gasteiger partial charge is 0.112 e. The van der Waals surface area contributed by atoms with Crippen LogP contribution in [0.3, 0.4) is 0 Å². The lowest BCUT2D eigenvalue weighted by Crippen LogP contribution is -2.38. The van der Waals surface area contributed by atoms with Crippen molar-refractivity contribution < 1.29 is 4.74 Å². The van der Waals surface area contributed by atoms with E-state index in [-0.39, 0.29) is 6.10 Å². The molecule has 2 aromatic rings. The van der Waals surface area contributed by atoms with Crippen molar-refractivity contribution >= 4 is 5.69 Å². The summed E-state index contributed by atoms with van der Waals surface area (Å²) < 4.78 is 8.05. The summed E-state index contributed by atoms with van der Waals surface area (Å²) in [6.07, 6.45) is 5.27. The average molecular weight is 343 g/mol. The summed E-state index contributed by atoms with van der Waals surface area (Å²) in [5.41, 5.74) is 4.49. The summed E-state index contributed by atoms with van der Waals surface area (Å²) >= 11 is 0. The average Bonchev–Trinajstić information content (AvgIpc) is 3.02. The van der Waals surface area contributed by atoms with E-state index in [0.29, 0.717) is 0 Å². The topological polar surface area (TPSA) is 46.4 Å². The van der Waals surface area contributed by atoms with Gasteiger partial charge in [-0.25, -0.2) is 0 Å². The van der Waals surface area contributed by atoms with E-state index in [1.165, 1.54) is 11.3 Å². The number of hydrogen-bond donors (Lipinski definition) is 0. The van der Waals surface area contributed by atoms with Crippen LogP contribution in [0.15, 0.2) is 24.5 Å². The van der Waals surface area contributed by atoms with Crippen LogP contribution in [0.5, 0.6) is 0 Å². The first-order chi connectivity index (χ1) is 12.0. The van der Waals surface area contributed by atoms with Crippen molar-refractivity contribution in [2.45, 2.75) is 39.5 Å². The molecule has 1 atom stereocenters. The lowest BCUT2D eigenvalue weighted by atomic mass is 10.1. The molecule has 1 saturated heterocycles. The van der Waals surface area contributed by atoms with E-state index in [0.717, 1.165) is 50.6 Å². The molecule has 0 bridgehead atoms. The van der Waals surface area contributed by atoms with Crippen molar-refractivity contribution in [2.24, 2.45) is 0 Å². The molecule has 2 aromatic heterocycles. The third-order valence-corrected chi connectivity index (χ3v) is 4.50. The number of pyridine rings is 1. The Morgan fingerprint density at radius 3 is 2.92 bits per heavy atom. The van der Waals surface area contributed by atoms with Gasteiger partial charge < -0.3 is 9.64 Å². The molecule has 0 aromatic carbocycles. The van der Waals surface area contributed by atoms with Crippen LogP contribution in [-0.2, 0) is 17.8 Å². The molecule has 6 nitrogen and oxygen atoms in total. The number of ether oxygens (including phenoxy) is 1. The summed E-state index contributed by atoms with van der Waals surface area (Å²) in [6, 6.07) is 4.24. The van der Waals surface area contributed by atoms with Gasteiger partial charge >= 0.3 is 0 Å². The Kier molecular flexibility index (Phi) is 5.71. The highest BCUT2D eigenvalue weighted by Gasteiger charge is 2.24. The maximum absolute atomic E-state index is 6.02. The van der Waals surface area contributed by atoms with Crippen LogP contribution in [0.1, 0.15) is 36.4 Å². The van der Waals surface area contributed by atoms with Crippen molar-refractivity contribution in [2.75, 3.05) is 38.7 Å². The molecular weight excluding hydrogens is 314 g/mol. The monoisotopic (exact) mass is 343 g/mol. The second kappa shape index (κ2) is 7.97. The Bertz CT molecular complexity index is 697. The lowest BCUT2D eigenvalue weighted by Gasteiger charge is -2.32. The fourth-order valence-corrected chi connectivity index (χ4v) is 3.22. The fraction of sp³-hybridized carbons (Fsp3) is 0.579. The molecule has 0 radical (unpaired) electrons. The van der Waals surface area contributed by atoms with Crippen LogP contribution in [-0.4, -0.2) is 53.5 Å². The van der Waals surface area contributed by atoms with E-state index in [1.54, 1.807) is 0 Å². The minimum Gasteiger partial charge on any atom is -0.378 e. The number of rotatable bonds is 6. The van der Waals surface area contributed by atoms with Gasteiger partial charge in [0, 0.05) is 63.4 Å². The molecule has 1 unspecified atom stereocenters. The summed E-state index contributed by atoms with van der Waals surface area (Å²) in [5.74, 6) is 0. The Balaban J connectivity index is 1.68. The van der Waals surface area contributed by atoms with Gasteiger partial charge in [0.2, 0.25) is 0 Å². The van der Waals surface area contributed by atoms with E-state index >= 15 is 0 Å². The largest absolute Gasteiger partial charge is 0.378 e. The van der Waals surface area contributed by atoms with Gasteiger partial charge in [-0.1, -0.05) is 6.92 Å². The van der Waals surface area contributed by atoms with Crippen LogP contribution >= 0.6 is 0 Å². The number of anilines is 1. The predicted molar refractivity (Wildman–Crippen MR) is 99.8 cm³/mol. The van der Waals surface area contributed by atoms with E-state index < -0.39 is 0 Å². The van der Waals surface area contributed by atoms with Gasteiger partial charge in [-0.3, -0.25) is 14.6 Å². The number of aromatic nitrogens is 3. The first-order valence-corrected chi connectivity index (χ1v) is 9.06. The Labute approximate surface area is 150 Å². The first-order valence-electron chi connectivity index (χ1n) is 9.06. The molecule has 1 aliphatic rings. The fourth-order valence-electron chi connectivity index (χ4n) is 3.22. The second-order valence-corrected chi connectivity index (χ2v) is 6.99. The highest BCUT2D eigenvalue weighted by molar-refractivity contribution is 5.47. The zero-order chi connectivity index (χ0) is 17.8. The third-order valence-electron chi connectivity index (χ3n) is 4.50. The SMILES string of the molecule is CCCn1cc(CN2CCOC(c3cc(N(C)C)cc(C)n3)C2)cn1. The molecule has 25 heavy (non-hydrogen) atoms. The van der Waals surface area contributed by atoms with Crippen molar-refractivity contribution in [1.82, 2.24) is 19.7 Å². The molecule has 0 N–H and O–H groups in total. The van der Waals surface area contributed by atoms with Crippen LogP contribution in [0.4, 0.5) is 5.69 Å². The second-order valence-electron chi connectivity index (χ2n) is 6.99. The molecule has 0 aliphatic carbocycles. The van der Waals surface area contributed by atoms with E-state index in [1.807, 2.05) is 17.8 Å². The van der Waals surface area contributed by atoms with Crippen molar-refractivity contribution in [3.8, 4) is 0 Å². The van der Waals surface area contributed by atoms with Crippen LogP contribution in [0.25, 0.3) is 0 Å². The number of nitrogens with zero attached hydrogens (tertiary/aromatic N) is 5. The van der Waals surface area contributed by atoms with Crippen molar-refractivity contribution in [3.05, 3.63) is 41.5 Å². The number of morpholine rings is 1. The molecule has 0 amide bonds. The molecule has 3 rings (SSSR count). The molecule has 1 aliphatic heterocycles. The Morgan fingerprint density at radius 2 is 2.16 bits per heavy atom. The molecular formula is C19H29N5O. The van der Waals surface area contributed by atoms with E-state index in [2.05, 4.69) is 54.2 Å². The van der Waals surface area contributed by atoms with Gasteiger partial charge in [0.1, 0.15) is 6.10 Å². The van der Waals surface area contributed by atoms with Gasteiger partial charge in [-0.05, 0) is 25.5 Å². The molecule has 136 valence electrons. The first kappa shape index (κ1) is 17.9. The van der Waals surface area contributed by atoms with E-state index in [4.69, 9.17) is 9.72 Å². The van der Waals surface area contributed by atoms with Crippen molar-refractivity contribution in [1.29, 1.82) is 0 Å². The molecule has 0 saturated carbocycles. The van der Waals surface area contributed by atoms with Crippen LogP contribution in [0.2, 0.25) is 0 Å². The minimum absolute atomic E-state index is 0.0260. The third kappa shape index (κ3) is 4.58. The maximum atomic E-state index is 6.02. The Hall–Kier alpha value is -1.92. The van der Waals surface area contributed by atoms with E-state index in [9.17, 15) is 0 Å². The lowest BCUT2D eigenvalue weighted by molar-refractivity contribution is -0.0350. The molecule has 0 spiro atoms. The van der Waals surface area contributed by atoms with Gasteiger partial charge in [-0.15, -0.1) is 0 Å². The zero-order valence-electron chi connectivity index (χ0n) is 15.8. The summed E-state index contributed by atoms with van der Waals surface area (Å²) in [5, 5.41) is 4.43. The zero-order valence-corrected chi connectivity index (χ0v) is 15.8. The van der Waals surface area contributed by atoms with Crippen LogP contribution in [0, 0.1) is 6.92 Å². The van der Waals surface area contributed by atoms with Gasteiger partial charge in [0.25, 0.3) is 0 Å². The predicted octanol–water partition coefficient (Wildman–Crippen LogP) is 2.64. The Morgan fingerprint density at radius 1 is 1.32 bits per heavy atom. The molecule has 3 heterocycles. The minimum atomic E-state index is 0.0260. The number of hydrogen-bond acceptors (Lipinski definition) is 5. The highest BCUT2D eigenvalue weighted by atomic mass is 16.5.